The molecule has 0 unspecified atom stereocenters. The number of rotatable bonds is 6. The van der Waals surface area contributed by atoms with Gasteiger partial charge in [0.2, 0.25) is 0 Å². The summed E-state index contributed by atoms with van der Waals surface area (Å²) in [6.45, 7) is 0.300. The van der Waals surface area contributed by atoms with Crippen molar-refractivity contribution in [3.63, 3.8) is 0 Å². The van der Waals surface area contributed by atoms with Crippen LogP contribution in [0.4, 0.5) is 5.82 Å². The monoisotopic (exact) mass is 212 g/mol. The maximum Gasteiger partial charge on any atom is 0.123 e. The predicted octanol–water partition coefficient (Wildman–Crippen LogP) is 1.92. The van der Waals surface area contributed by atoms with Gasteiger partial charge in [-0.15, -0.1) is 11.8 Å². The van der Waals surface area contributed by atoms with E-state index >= 15 is 0 Å². The Labute approximate surface area is 88.7 Å². The molecule has 0 aromatic carbocycles. The summed E-state index contributed by atoms with van der Waals surface area (Å²) in [6, 6.07) is 3.80. The van der Waals surface area contributed by atoms with Crippen molar-refractivity contribution < 1.29 is 5.11 Å². The lowest BCUT2D eigenvalue weighted by Gasteiger charge is -2.00. The number of nitrogen functional groups attached to an aromatic ring is 1. The normalized spacial score (nSPS) is 10.4. The molecule has 1 rings (SSSR count). The standard InChI is InChI=1S/C10H16N2OS/c11-10-5-4-9(8-12-10)14-7-3-1-2-6-13/h4-5,8,13H,1-3,6-7H2,(H2,11,12). The molecular weight excluding hydrogens is 196 g/mol. The largest absolute Gasteiger partial charge is 0.396 e. The minimum absolute atomic E-state index is 0.300. The zero-order valence-electron chi connectivity index (χ0n) is 8.15. The number of aliphatic hydroxyl groups is 1. The lowest BCUT2D eigenvalue weighted by Crippen LogP contribution is -1.89. The van der Waals surface area contributed by atoms with Gasteiger partial charge >= 0.3 is 0 Å². The second-order valence-corrected chi connectivity index (χ2v) is 4.22. The first kappa shape index (κ1) is 11.3. The zero-order chi connectivity index (χ0) is 10.2. The molecule has 78 valence electrons. The first-order valence-corrected chi connectivity index (χ1v) is 5.76. The highest BCUT2D eigenvalue weighted by atomic mass is 32.2. The predicted molar refractivity (Wildman–Crippen MR) is 60.3 cm³/mol. The second-order valence-electron chi connectivity index (χ2n) is 3.05. The minimum atomic E-state index is 0.300. The van der Waals surface area contributed by atoms with Crippen molar-refractivity contribution in [1.82, 2.24) is 4.98 Å². The number of unbranched alkanes of at least 4 members (excludes halogenated alkanes) is 2. The first-order valence-electron chi connectivity index (χ1n) is 4.78. The zero-order valence-corrected chi connectivity index (χ0v) is 8.96. The molecule has 1 aromatic heterocycles. The number of hydrogen-bond acceptors (Lipinski definition) is 4. The number of anilines is 1. The van der Waals surface area contributed by atoms with E-state index in [4.69, 9.17) is 10.8 Å². The van der Waals surface area contributed by atoms with Gasteiger partial charge < -0.3 is 10.8 Å². The van der Waals surface area contributed by atoms with Crippen LogP contribution in [0.15, 0.2) is 23.2 Å². The smallest absolute Gasteiger partial charge is 0.123 e. The van der Waals surface area contributed by atoms with Crippen LogP contribution in [-0.4, -0.2) is 22.5 Å². The number of nitrogens with two attached hydrogens (primary N) is 1. The van der Waals surface area contributed by atoms with E-state index < -0.39 is 0 Å². The lowest BCUT2D eigenvalue weighted by atomic mass is 10.3. The van der Waals surface area contributed by atoms with Crippen LogP contribution in [0.2, 0.25) is 0 Å². The van der Waals surface area contributed by atoms with E-state index in [0.717, 1.165) is 29.9 Å². The Hall–Kier alpha value is -0.740. The Bertz CT molecular complexity index is 251. The molecular formula is C10H16N2OS. The molecule has 1 aromatic rings. The van der Waals surface area contributed by atoms with E-state index in [2.05, 4.69) is 4.98 Å². The van der Waals surface area contributed by atoms with Crippen molar-refractivity contribution >= 4 is 17.6 Å². The Morgan fingerprint density at radius 2 is 2.14 bits per heavy atom. The first-order chi connectivity index (χ1) is 6.83. The SMILES string of the molecule is Nc1ccc(SCCCCCO)cn1. The molecule has 0 radical (unpaired) electrons. The van der Waals surface area contributed by atoms with Crippen LogP contribution in [0, 0.1) is 0 Å². The highest BCUT2D eigenvalue weighted by Gasteiger charge is 1.94. The van der Waals surface area contributed by atoms with E-state index in [1.165, 1.54) is 0 Å². The molecule has 0 amide bonds. The van der Waals surface area contributed by atoms with E-state index in [0.29, 0.717) is 12.4 Å². The molecule has 0 saturated carbocycles. The van der Waals surface area contributed by atoms with Crippen LogP contribution >= 0.6 is 11.8 Å². The van der Waals surface area contributed by atoms with Crippen LogP contribution in [0.3, 0.4) is 0 Å². The van der Waals surface area contributed by atoms with Crippen molar-refractivity contribution in [3.05, 3.63) is 18.3 Å². The number of nitrogens with zero attached hydrogens (tertiary/aromatic N) is 1. The maximum atomic E-state index is 8.58. The van der Waals surface area contributed by atoms with Crippen molar-refractivity contribution in [3.8, 4) is 0 Å². The summed E-state index contributed by atoms with van der Waals surface area (Å²) in [5, 5.41) is 8.58. The van der Waals surface area contributed by atoms with Gasteiger partial charge in [0.15, 0.2) is 0 Å². The van der Waals surface area contributed by atoms with Crippen LogP contribution < -0.4 is 5.73 Å². The van der Waals surface area contributed by atoms with Crippen LogP contribution in [0.5, 0.6) is 0 Å². The van der Waals surface area contributed by atoms with Gasteiger partial charge in [-0.05, 0) is 30.7 Å². The summed E-state index contributed by atoms with van der Waals surface area (Å²) in [5.74, 6) is 1.64. The Morgan fingerprint density at radius 3 is 2.79 bits per heavy atom. The van der Waals surface area contributed by atoms with E-state index in [1.54, 1.807) is 18.0 Å². The van der Waals surface area contributed by atoms with Crippen molar-refractivity contribution in [1.29, 1.82) is 0 Å². The fourth-order valence-corrected chi connectivity index (χ4v) is 1.93. The minimum Gasteiger partial charge on any atom is -0.396 e. The number of thioether (sulfide) groups is 1. The van der Waals surface area contributed by atoms with Gasteiger partial charge in [0.05, 0.1) is 0 Å². The molecule has 14 heavy (non-hydrogen) atoms. The summed E-state index contributed by atoms with van der Waals surface area (Å²) >= 11 is 1.78. The number of hydrogen-bond donors (Lipinski definition) is 2. The van der Waals surface area contributed by atoms with E-state index in [9.17, 15) is 0 Å². The average Bonchev–Trinajstić information content (AvgIpc) is 2.21. The van der Waals surface area contributed by atoms with Gasteiger partial charge in [-0.1, -0.05) is 6.42 Å². The number of aromatic nitrogens is 1. The molecule has 4 heteroatoms. The summed E-state index contributed by atoms with van der Waals surface area (Å²) in [7, 11) is 0. The molecule has 0 bridgehead atoms. The summed E-state index contributed by atoms with van der Waals surface area (Å²) in [4.78, 5) is 5.17. The Balaban J connectivity index is 2.15. The molecule has 3 N–H and O–H groups in total. The third-order valence-electron chi connectivity index (χ3n) is 1.83. The summed E-state index contributed by atoms with van der Waals surface area (Å²) in [5.41, 5.74) is 5.47. The quantitative estimate of drug-likeness (QED) is 0.558. The van der Waals surface area contributed by atoms with Crippen molar-refractivity contribution in [2.45, 2.75) is 24.2 Å². The molecule has 0 spiro atoms. The summed E-state index contributed by atoms with van der Waals surface area (Å²) in [6.07, 6.45) is 4.92. The van der Waals surface area contributed by atoms with Crippen LogP contribution in [-0.2, 0) is 0 Å². The third kappa shape index (κ3) is 4.48. The van der Waals surface area contributed by atoms with Gasteiger partial charge in [0.1, 0.15) is 5.82 Å². The van der Waals surface area contributed by atoms with E-state index in [-0.39, 0.29) is 0 Å². The van der Waals surface area contributed by atoms with Crippen LogP contribution in [0.1, 0.15) is 19.3 Å². The summed E-state index contributed by atoms with van der Waals surface area (Å²) < 4.78 is 0. The molecule has 0 aliphatic carbocycles. The van der Waals surface area contributed by atoms with Crippen LogP contribution in [0.25, 0.3) is 0 Å². The Morgan fingerprint density at radius 1 is 1.29 bits per heavy atom. The van der Waals surface area contributed by atoms with Gasteiger partial charge in [-0.3, -0.25) is 0 Å². The highest BCUT2D eigenvalue weighted by molar-refractivity contribution is 7.99. The number of pyridine rings is 1. The third-order valence-corrected chi connectivity index (χ3v) is 2.90. The van der Waals surface area contributed by atoms with Gasteiger partial charge in [0.25, 0.3) is 0 Å². The topological polar surface area (TPSA) is 59.1 Å². The van der Waals surface area contributed by atoms with Gasteiger partial charge in [-0.2, -0.15) is 0 Å². The van der Waals surface area contributed by atoms with E-state index in [1.807, 2.05) is 12.1 Å². The fourth-order valence-electron chi connectivity index (χ4n) is 1.06. The molecule has 1 heterocycles. The van der Waals surface area contributed by atoms with Gasteiger partial charge in [0, 0.05) is 17.7 Å². The molecule has 0 atom stereocenters. The van der Waals surface area contributed by atoms with Crippen molar-refractivity contribution in [2.24, 2.45) is 0 Å². The van der Waals surface area contributed by atoms with Crippen molar-refractivity contribution in [2.75, 3.05) is 18.1 Å². The Kier molecular flexibility index (Phi) is 5.40. The van der Waals surface area contributed by atoms with Gasteiger partial charge in [-0.25, -0.2) is 4.98 Å². The fraction of sp³-hybridized carbons (Fsp3) is 0.500. The lowest BCUT2D eigenvalue weighted by molar-refractivity contribution is 0.284. The average molecular weight is 212 g/mol. The molecule has 0 saturated heterocycles. The molecule has 0 aliphatic heterocycles. The molecule has 0 fully saturated rings. The molecule has 3 nitrogen and oxygen atoms in total. The number of aliphatic hydroxyl groups excluding tert-OH is 1. The maximum absolute atomic E-state index is 8.58. The highest BCUT2D eigenvalue weighted by Crippen LogP contribution is 2.18. The molecule has 0 aliphatic rings. The second kappa shape index (κ2) is 6.68.